The Kier molecular flexibility index (Phi) is 4.07. The Labute approximate surface area is 109 Å². The maximum Gasteiger partial charge on any atom is 0.264 e. The average Bonchev–Trinajstić information content (AvgIpc) is 2.29. The molecule has 1 fully saturated rings. The van der Waals surface area contributed by atoms with E-state index in [-0.39, 0.29) is 12.0 Å². The van der Waals surface area contributed by atoms with Crippen molar-refractivity contribution in [2.75, 3.05) is 6.26 Å². The summed E-state index contributed by atoms with van der Waals surface area (Å²) in [5.41, 5.74) is 2.44. The third-order valence-corrected chi connectivity index (χ3v) is 4.19. The summed E-state index contributed by atoms with van der Waals surface area (Å²) < 4.78 is 28.0. The lowest BCUT2D eigenvalue weighted by molar-refractivity contribution is 0.138. The van der Waals surface area contributed by atoms with Gasteiger partial charge in [-0.2, -0.15) is 8.42 Å². The van der Waals surface area contributed by atoms with E-state index in [1.807, 2.05) is 12.1 Å². The van der Waals surface area contributed by atoms with E-state index >= 15 is 0 Å². The van der Waals surface area contributed by atoms with Crippen LogP contribution in [0.15, 0.2) is 24.3 Å². The lowest BCUT2D eigenvalue weighted by Gasteiger charge is -2.31. The van der Waals surface area contributed by atoms with Crippen LogP contribution in [0.4, 0.5) is 0 Å². The van der Waals surface area contributed by atoms with E-state index < -0.39 is 10.1 Å². The highest BCUT2D eigenvalue weighted by Gasteiger charge is 2.30. The maximum absolute atomic E-state index is 11.3. The Morgan fingerprint density at radius 2 is 1.83 bits per heavy atom. The minimum absolute atomic E-state index is 0.199. The molecule has 0 bridgehead atoms. The zero-order valence-electron chi connectivity index (χ0n) is 10.9. The van der Waals surface area contributed by atoms with E-state index in [4.69, 9.17) is 4.18 Å². The molecule has 2 rings (SSSR count). The van der Waals surface area contributed by atoms with Gasteiger partial charge in [-0.3, -0.25) is 4.18 Å². The number of aryl methyl sites for hydroxylation is 1. The molecule has 2 atom stereocenters. The van der Waals surface area contributed by atoms with Gasteiger partial charge in [0, 0.05) is 5.92 Å². The van der Waals surface area contributed by atoms with Crippen molar-refractivity contribution in [3.05, 3.63) is 35.4 Å². The largest absolute Gasteiger partial charge is 0.266 e. The molecule has 0 N–H and O–H groups in total. The highest BCUT2D eigenvalue weighted by atomic mass is 32.2. The number of benzene rings is 1. The Morgan fingerprint density at radius 1 is 1.17 bits per heavy atom. The first-order valence-corrected chi connectivity index (χ1v) is 8.23. The number of hydrogen-bond donors (Lipinski definition) is 0. The highest BCUT2D eigenvalue weighted by molar-refractivity contribution is 7.86. The lowest BCUT2D eigenvalue weighted by Crippen LogP contribution is -2.28. The van der Waals surface area contributed by atoms with Crippen molar-refractivity contribution in [3.63, 3.8) is 0 Å². The fourth-order valence-electron chi connectivity index (χ4n) is 2.80. The molecule has 1 aliphatic rings. The van der Waals surface area contributed by atoms with Crippen molar-refractivity contribution in [1.82, 2.24) is 0 Å². The summed E-state index contributed by atoms with van der Waals surface area (Å²) in [6, 6.07) is 8.17. The molecule has 0 unspecified atom stereocenters. The molecule has 4 heteroatoms. The molecule has 0 heterocycles. The summed E-state index contributed by atoms with van der Waals surface area (Å²) in [6.07, 6.45) is 4.95. The van der Waals surface area contributed by atoms with E-state index in [1.165, 1.54) is 11.1 Å². The Hall–Kier alpha value is -0.870. The molecule has 100 valence electrons. The summed E-state index contributed by atoms with van der Waals surface area (Å²) in [5, 5.41) is 0. The molecule has 1 saturated carbocycles. The van der Waals surface area contributed by atoms with Gasteiger partial charge in [-0.1, -0.05) is 37.1 Å². The van der Waals surface area contributed by atoms with Gasteiger partial charge in [-0.15, -0.1) is 0 Å². The van der Waals surface area contributed by atoms with Crippen molar-refractivity contribution in [3.8, 4) is 0 Å². The van der Waals surface area contributed by atoms with Gasteiger partial charge in [0.2, 0.25) is 0 Å². The van der Waals surface area contributed by atoms with Crippen LogP contribution in [0.3, 0.4) is 0 Å². The van der Waals surface area contributed by atoms with Crippen LogP contribution in [0.5, 0.6) is 0 Å². The Bertz CT molecular complexity index is 508. The molecule has 1 aromatic carbocycles. The number of hydrogen-bond acceptors (Lipinski definition) is 3. The zero-order valence-corrected chi connectivity index (χ0v) is 11.7. The molecule has 0 radical (unpaired) electrons. The Morgan fingerprint density at radius 3 is 2.50 bits per heavy atom. The molecular weight excluding hydrogens is 248 g/mol. The van der Waals surface area contributed by atoms with Gasteiger partial charge in [0.05, 0.1) is 12.4 Å². The standard InChI is InChI=1S/C14H20O3S/c1-11-7-3-4-8-12(11)13-9-5-6-10-14(13)17-18(2,15)16/h3-4,7-8,13-14H,5-6,9-10H2,1-2H3/t13-,14-/m0/s1. The Balaban J connectivity index is 2.26. The predicted octanol–water partition coefficient (Wildman–Crippen LogP) is 3.00. The van der Waals surface area contributed by atoms with E-state index in [1.54, 1.807) is 0 Å². The molecular formula is C14H20O3S. The van der Waals surface area contributed by atoms with Crippen LogP contribution in [0.25, 0.3) is 0 Å². The van der Waals surface area contributed by atoms with Crippen molar-refractivity contribution in [1.29, 1.82) is 0 Å². The fraction of sp³-hybridized carbons (Fsp3) is 0.571. The number of rotatable bonds is 3. The van der Waals surface area contributed by atoms with Gasteiger partial charge in [0.1, 0.15) is 0 Å². The summed E-state index contributed by atoms with van der Waals surface area (Å²) >= 11 is 0. The maximum atomic E-state index is 11.3. The molecule has 3 nitrogen and oxygen atoms in total. The van der Waals surface area contributed by atoms with Crippen LogP contribution in [-0.2, 0) is 14.3 Å². The van der Waals surface area contributed by atoms with Crippen LogP contribution in [0.2, 0.25) is 0 Å². The third kappa shape index (κ3) is 3.33. The van der Waals surface area contributed by atoms with Gasteiger partial charge in [0.25, 0.3) is 10.1 Å². The van der Waals surface area contributed by atoms with Crippen molar-refractivity contribution < 1.29 is 12.6 Å². The topological polar surface area (TPSA) is 43.4 Å². The monoisotopic (exact) mass is 268 g/mol. The van der Waals surface area contributed by atoms with Crippen LogP contribution < -0.4 is 0 Å². The molecule has 0 spiro atoms. The first kappa shape index (κ1) is 13.6. The van der Waals surface area contributed by atoms with E-state index in [2.05, 4.69) is 19.1 Å². The molecule has 0 saturated heterocycles. The first-order valence-electron chi connectivity index (χ1n) is 6.41. The molecule has 0 aromatic heterocycles. The summed E-state index contributed by atoms with van der Waals surface area (Å²) in [4.78, 5) is 0. The molecule has 0 amide bonds. The van der Waals surface area contributed by atoms with E-state index in [0.717, 1.165) is 31.9 Å². The zero-order chi connectivity index (χ0) is 13.2. The minimum atomic E-state index is -3.38. The van der Waals surface area contributed by atoms with Gasteiger partial charge in [-0.05, 0) is 30.9 Å². The van der Waals surface area contributed by atoms with Gasteiger partial charge in [0.15, 0.2) is 0 Å². The third-order valence-electron chi connectivity index (χ3n) is 3.59. The quantitative estimate of drug-likeness (QED) is 0.791. The van der Waals surface area contributed by atoms with Gasteiger partial charge < -0.3 is 0 Å². The predicted molar refractivity (Wildman–Crippen MR) is 72.1 cm³/mol. The van der Waals surface area contributed by atoms with E-state index in [9.17, 15) is 8.42 Å². The van der Waals surface area contributed by atoms with Crippen LogP contribution in [0.1, 0.15) is 42.7 Å². The lowest BCUT2D eigenvalue weighted by atomic mass is 9.80. The summed E-state index contributed by atoms with van der Waals surface area (Å²) in [6.45, 7) is 2.07. The average molecular weight is 268 g/mol. The fourth-order valence-corrected chi connectivity index (χ4v) is 3.47. The highest BCUT2D eigenvalue weighted by Crippen LogP contribution is 2.36. The van der Waals surface area contributed by atoms with Gasteiger partial charge in [-0.25, -0.2) is 0 Å². The molecule has 1 aromatic rings. The second-order valence-corrected chi connectivity index (χ2v) is 6.69. The van der Waals surface area contributed by atoms with Crippen molar-refractivity contribution in [2.45, 2.75) is 44.6 Å². The molecule has 0 aliphatic heterocycles. The second kappa shape index (κ2) is 5.41. The summed E-state index contributed by atoms with van der Waals surface area (Å²) in [7, 11) is -3.38. The molecule has 18 heavy (non-hydrogen) atoms. The van der Waals surface area contributed by atoms with Crippen molar-refractivity contribution in [2.24, 2.45) is 0 Å². The smallest absolute Gasteiger partial charge is 0.264 e. The SMILES string of the molecule is Cc1ccccc1[C@@H]1CCCC[C@@H]1OS(C)(=O)=O. The molecule has 1 aliphatic carbocycles. The van der Waals surface area contributed by atoms with Gasteiger partial charge >= 0.3 is 0 Å². The van der Waals surface area contributed by atoms with Crippen molar-refractivity contribution >= 4 is 10.1 Å². The minimum Gasteiger partial charge on any atom is -0.266 e. The van der Waals surface area contributed by atoms with Crippen LogP contribution >= 0.6 is 0 Å². The van der Waals surface area contributed by atoms with Crippen LogP contribution in [0, 0.1) is 6.92 Å². The summed E-state index contributed by atoms with van der Waals surface area (Å²) in [5.74, 6) is 0.203. The van der Waals surface area contributed by atoms with Crippen LogP contribution in [-0.4, -0.2) is 20.8 Å². The van der Waals surface area contributed by atoms with E-state index in [0.29, 0.717) is 0 Å². The first-order chi connectivity index (χ1) is 8.47. The normalized spacial score (nSPS) is 25.0. The second-order valence-electron chi connectivity index (χ2n) is 5.09.